The van der Waals surface area contributed by atoms with Crippen molar-refractivity contribution < 1.29 is 4.79 Å². The van der Waals surface area contributed by atoms with Crippen molar-refractivity contribution in [3.8, 4) is 0 Å². The summed E-state index contributed by atoms with van der Waals surface area (Å²) in [6.07, 6.45) is 4.62. The maximum Gasteiger partial charge on any atom is 0.251 e. The van der Waals surface area contributed by atoms with Crippen LogP contribution in [0.5, 0.6) is 0 Å². The monoisotopic (exact) mass is 347 g/mol. The van der Waals surface area contributed by atoms with Crippen molar-refractivity contribution >= 4 is 5.91 Å². The predicted molar refractivity (Wildman–Crippen MR) is 104 cm³/mol. The van der Waals surface area contributed by atoms with Crippen molar-refractivity contribution in [1.82, 2.24) is 14.9 Å². The zero-order chi connectivity index (χ0) is 18.5. The van der Waals surface area contributed by atoms with Gasteiger partial charge in [0.05, 0.1) is 6.04 Å². The van der Waals surface area contributed by atoms with E-state index in [4.69, 9.17) is 0 Å². The Kier molecular flexibility index (Phi) is 5.52. The molecule has 0 bridgehead atoms. The topological polar surface area (TPSA) is 46.9 Å². The average Bonchev–Trinajstić information content (AvgIpc) is 3.05. The van der Waals surface area contributed by atoms with Gasteiger partial charge in [-0.2, -0.15) is 0 Å². The van der Waals surface area contributed by atoms with E-state index in [0.29, 0.717) is 5.56 Å². The van der Waals surface area contributed by atoms with Gasteiger partial charge in [-0.05, 0) is 49.1 Å². The molecular formula is C22H25N3O. The normalized spacial score (nSPS) is 12.0. The first-order chi connectivity index (χ1) is 12.6. The van der Waals surface area contributed by atoms with E-state index in [1.54, 1.807) is 6.20 Å². The molecule has 3 rings (SSSR count). The summed E-state index contributed by atoms with van der Waals surface area (Å²) in [5.74, 6) is 0.946. The Labute approximate surface area is 154 Å². The molecule has 0 unspecified atom stereocenters. The highest BCUT2D eigenvalue weighted by Crippen LogP contribution is 2.21. The van der Waals surface area contributed by atoms with Crippen LogP contribution in [0.3, 0.4) is 0 Å². The Morgan fingerprint density at radius 1 is 1.12 bits per heavy atom. The van der Waals surface area contributed by atoms with Crippen molar-refractivity contribution in [2.75, 3.05) is 0 Å². The van der Waals surface area contributed by atoms with Gasteiger partial charge in [-0.3, -0.25) is 4.79 Å². The highest BCUT2D eigenvalue weighted by Gasteiger charge is 2.15. The smallest absolute Gasteiger partial charge is 0.251 e. The van der Waals surface area contributed by atoms with E-state index in [0.717, 1.165) is 24.4 Å². The Morgan fingerprint density at radius 2 is 1.85 bits per heavy atom. The fraction of sp³-hybridized carbons (Fsp3) is 0.273. The van der Waals surface area contributed by atoms with E-state index >= 15 is 0 Å². The third-order valence-electron chi connectivity index (χ3n) is 4.77. The molecule has 1 aromatic heterocycles. The fourth-order valence-electron chi connectivity index (χ4n) is 3.15. The summed E-state index contributed by atoms with van der Waals surface area (Å²) in [6, 6.07) is 16.0. The Bertz CT molecular complexity index is 880. The predicted octanol–water partition coefficient (Wildman–Crippen LogP) is 4.43. The minimum absolute atomic E-state index is 0.0250. The second kappa shape index (κ2) is 8.00. The number of nitrogens with zero attached hydrogens (tertiary/aromatic N) is 2. The van der Waals surface area contributed by atoms with Crippen LogP contribution in [0.4, 0.5) is 0 Å². The van der Waals surface area contributed by atoms with Crippen LogP contribution in [0.15, 0.2) is 60.9 Å². The SMILES string of the molecule is CC[C@@H](NC(=O)c1ccc(Cn2ccnc2C)cc1)c1ccccc1C. The number of rotatable bonds is 6. The molecule has 0 saturated heterocycles. The van der Waals surface area contributed by atoms with Gasteiger partial charge in [-0.15, -0.1) is 0 Å². The zero-order valence-electron chi connectivity index (χ0n) is 15.6. The van der Waals surface area contributed by atoms with Crippen LogP contribution in [0, 0.1) is 13.8 Å². The van der Waals surface area contributed by atoms with E-state index in [1.165, 1.54) is 11.1 Å². The van der Waals surface area contributed by atoms with Crippen LogP contribution in [-0.2, 0) is 6.54 Å². The largest absolute Gasteiger partial charge is 0.345 e. The van der Waals surface area contributed by atoms with Crippen LogP contribution in [0.1, 0.15) is 52.3 Å². The van der Waals surface area contributed by atoms with Crippen molar-refractivity contribution in [3.63, 3.8) is 0 Å². The number of nitrogens with one attached hydrogen (secondary N) is 1. The number of hydrogen-bond acceptors (Lipinski definition) is 2. The third-order valence-corrected chi connectivity index (χ3v) is 4.77. The summed E-state index contributed by atoms with van der Waals surface area (Å²) < 4.78 is 2.08. The number of benzene rings is 2. The number of carbonyl (C=O) groups is 1. The van der Waals surface area contributed by atoms with Crippen LogP contribution < -0.4 is 5.32 Å². The summed E-state index contributed by atoms with van der Waals surface area (Å²) >= 11 is 0. The molecule has 1 N–H and O–H groups in total. The zero-order valence-corrected chi connectivity index (χ0v) is 15.6. The Balaban J connectivity index is 1.69. The number of aromatic nitrogens is 2. The number of aryl methyl sites for hydroxylation is 2. The quantitative estimate of drug-likeness (QED) is 0.717. The minimum atomic E-state index is -0.0366. The standard InChI is InChI=1S/C22H25N3O/c1-4-21(20-8-6-5-7-16(20)2)24-22(26)19-11-9-18(10-12-19)15-25-14-13-23-17(25)3/h5-14,21H,4,15H2,1-3H3,(H,24,26)/t21-/m1/s1. The number of amides is 1. The van der Waals surface area contributed by atoms with Crippen molar-refractivity contribution in [1.29, 1.82) is 0 Å². The molecule has 3 aromatic rings. The maximum absolute atomic E-state index is 12.7. The van der Waals surface area contributed by atoms with Gasteiger partial charge in [0.15, 0.2) is 0 Å². The Hall–Kier alpha value is -2.88. The molecule has 26 heavy (non-hydrogen) atoms. The molecule has 4 nitrogen and oxygen atoms in total. The Morgan fingerprint density at radius 3 is 2.46 bits per heavy atom. The van der Waals surface area contributed by atoms with Crippen molar-refractivity contribution in [3.05, 3.63) is 89.0 Å². The van der Waals surface area contributed by atoms with Gasteiger partial charge >= 0.3 is 0 Å². The molecule has 1 amide bonds. The molecule has 0 saturated carbocycles. The lowest BCUT2D eigenvalue weighted by molar-refractivity contribution is 0.0935. The lowest BCUT2D eigenvalue weighted by Gasteiger charge is -2.19. The highest BCUT2D eigenvalue weighted by molar-refractivity contribution is 5.94. The molecule has 134 valence electrons. The van der Waals surface area contributed by atoms with E-state index in [-0.39, 0.29) is 11.9 Å². The lowest BCUT2D eigenvalue weighted by Crippen LogP contribution is -2.28. The molecule has 0 aliphatic carbocycles. The number of hydrogen-bond donors (Lipinski definition) is 1. The molecule has 0 aliphatic rings. The van der Waals surface area contributed by atoms with Crippen molar-refractivity contribution in [2.24, 2.45) is 0 Å². The van der Waals surface area contributed by atoms with Gasteiger partial charge in [0.2, 0.25) is 0 Å². The summed E-state index contributed by atoms with van der Waals surface area (Å²) in [5.41, 5.74) is 4.21. The summed E-state index contributed by atoms with van der Waals surface area (Å²) in [5, 5.41) is 3.16. The minimum Gasteiger partial charge on any atom is -0.345 e. The molecule has 2 aromatic carbocycles. The average molecular weight is 347 g/mol. The van der Waals surface area contributed by atoms with E-state index in [1.807, 2.05) is 49.5 Å². The van der Waals surface area contributed by atoms with E-state index < -0.39 is 0 Å². The molecule has 1 atom stereocenters. The molecular weight excluding hydrogens is 322 g/mol. The first-order valence-corrected chi connectivity index (χ1v) is 9.01. The molecule has 0 fully saturated rings. The van der Waals surface area contributed by atoms with Crippen LogP contribution in [0.25, 0.3) is 0 Å². The number of carbonyl (C=O) groups excluding carboxylic acids is 1. The van der Waals surface area contributed by atoms with E-state index in [2.05, 4.69) is 40.8 Å². The second-order valence-corrected chi connectivity index (χ2v) is 6.59. The molecule has 1 heterocycles. The molecule has 0 radical (unpaired) electrons. The first-order valence-electron chi connectivity index (χ1n) is 9.01. The van der Waals surface area contributed by atoms with Crippen LogP contribution in [-0.4, -0.2) is 15.5 Å². The maximum atomic E-state index is 12.7. The van der Waals surface area contributed by atoms with Gasteiger partial charge in [0.25, 0.3) is 5.91 Å². The lowest BCUT2D eigenvalue weighted by atomic mass is 9.99. The van der Waals surface area contributed by atoms with Crippen LogP contribution in [0.2, 0.25) is 0 Å². The summed E-state index contributed by atoms with van der Waals surface area (Å²) in [7, 11) is 0. The first kappa shape index (κ1) is 17.9. The number of imidazole rings is 1. The fourth-order valence-corrected chi connectivity index (χ4v) is 3.15. The highest BCUT2D eigenvalue weighted by atomic mass is 16.1. The van der Waals surface area contributed by atoms with Gasteiger partial charge < -0.3 is 9.88 Å². The summed E-state index contributed by atoms with van der Waals surface area (Å²) in [6.45, 7) is 6.91. The molecule has 0 aliphatic heterocycles. The summed E-state index contributed by atoms with van der Waals surface area (Å²) in [4.78, 5) is 16.9. The second-order valence-electron chi connectivity index (χ2n) is 6.59. The van der Waals surface area contributed by atoms with Crippen LogP contribution >= 0.6 is 0 Å². The van der Waals surface area contributed by atoms with E-state index in [9.17, 15) is 4.79 Å². The van der Waals surface area contributed by atoms with Gasteiger partial charge in [-0.25, -0.2) is 4.98 Å². The molecule has 4 heteroatoms. The molecule has 0 spiro atoms. The van der Waals surface area contributed by atoms with Gasteiger partial charge in [0, 0.05) is 24.5 Å². The van der Waals surface area contributed by atoms with Gasteiger partial charge in [-0.1, -0.05) is 43.3 Å². The van der Waals surface area contributed by atoms with Gasteiger partial charge in [0.1, 0.15) is 5.82 Å². The van der Waals surface area contributed by atoms with Crippen molar-refractivity contribution in [2.45, 2.75) is 39.8 Å². The third kappa shape index (κ3) is 4.02.